The zero-order valence-electron chi connectivity index (χ0n) is 15.5. The molecule has 1 heterocycles. The van der Waals surface area contributed by atoms with Crippen LogP contribution in [0.1, 0.15) is 32.1 Å². The Bertz CT molecular complexity index is 815. The molecule has 1 aliphatic carbocycles. The molecule has 2 amide bonds. The van der Waals surface area contributed by atoms with Gasteiger partial charge in [-0.15, -0.1) is 11.3 Å². The van der Waals surface area contributed by atoms with Gasteiger partial charge in [-0.2, -0.15) is 0 Å². The Morgan fingerprint density at radius 1 is 1.00 bits per heavy atom. The van der Waals surface area contributed by atoms with Crippen LogP contribution >= 0.6 is 11.3 Å². The van der Waals surface area contributed by atoms with Gasteiger partial charge in [-0.25, -0.2) is 0 Å². The van der Waals surface area contributed by atoms with Crippen molar-refractivity contribution in [3.05, 3.63) is 39.1 Å². The number of hydrogen-bond acceptors (Lipinski definition) is 6. The minimum atomic E-state index is -0.346. The van der Waals surface area contributed by atoms with Crippen molar-refractivity contribution in [1.82, 2.24) is 10.9 Å². The minimum absolute atomic E-state index is 0.0535. The second kappa shape index (κ2) is 8.30. The third-order valence-electron chi connectivity index (χ3n) is 4.38. The second-order valence-electron chi connectivity index (χ2n) is 6.13. The Labute approximate surface area is 161 Å². The molecule has 2 aromatic rings. The standard InChI is InChI=1S/C19H22N2O5S/c1-24-13-7-11(8-14(25-2)18(13)26-3)9-17(22)20-21-19(23)16-10-12-5-4-6-15(12)27-16/h7-8,10H,4-6,9H2,1-3H3,(H,20,22)(H,21,23). The van der Waals surface area contributed by atoms with Crippen LogP contribution in [0.4, 0.5) is 0 Å². The van der Waals surface area contributed by atoms with Crippen LogP contribution in [0.2, 0.25) is 0 Å². The van der Waals surface area contributed by atoms with E-state index in [0.717, 1.165) is 19.3 Å². The van der Waals surface area contributed by atoms with Gasteiger partial charge in [0.05, 0.1) is 32.6 Å². The number of rotatable bonds is 6. The average molecular weight is 390 g/mol. The van der Waals surface area contributed by atoms with Gasteiger partial charge in [0, 0.05) is 4.88 Å². The van der Waals surface area contributed by atoms with Crippen molar-refractivity contribution in [2.24, 2.45) is 0 Å². The molecule has 0 radical (unpaired) electrons. The van der Waals surface area contributed by atoms with Crippen molar-refractivity contribution in [1.29, 1.82) is 0 Å². The maximum Gasteiger partial charge on any atom is 0.279 e. The first-order valence-corrected chi connectivity index (χ1v) is 9.37. The predicted octanol–water partition coefficient (Wildman–Crippen LogP) is 2.27. The minimum Gasteiger partial charge on any atom is -0.493 e. The highest BCUT2D eigenvalue weighted by Crippen LogP contribution is 2.38. The second-order valence-corrected chi connectivity index (χ2v) is 7.26. The molecular formula is C19H22N2O5S. The molecule has 1 aromatic carbocycles. The zero-order valence-corrected chi connectivity index (χ0v) is 16.3. The summed E-state index contributed by atoms with van der Waals surface area (Å²) in [6.45, 7) is 0. The molecule has 0 unspecified atom stereocenters. The lowest BCUT2D eigenvalue weighted by molar-refractivity contribution is -0.121. The van der Waals surface area contributed by atoms with E-state index in [2.05, 4.69) is 10.9 Å². The molecule has 1 aliphatic rings. The highest BCUT2D eigenvalue weighted by atomic mass is 32.1. The largest absolute Gasteiger partial charge is 0.493 e. The Hall–Kier alpha value is -2.74. The van der Waals surface area contributed by atoms with E-state index in [4.69, 9.17) is 14.2 Å². The quantitative estimate of drug-likeness (QED) is 0.739. The topological polar surface area (TPSA) is 85.9 Å². The first kappa shape index (κ1) is 19.0. The first-order valence-electron chi connectivity index (χ1n) is 8.55. The Morgan fingerprint density at radius 2 is 1.70 bits per heavy atom. The monoisotopic (exact) mass is 390 g/mol. The van der Waals surface area contributed by atoms with Crippen LogP contribution in [0.5, 0.6) is 17.2 Å². The van der Waals surface area contributed by atoms with Gasteiger partial charge in [0.15, 0.2) is 11.5 Å². The van der Waals surface area contributed by atoms with Crippen LogP contribution in [0, 0.1) is 0 Å². The van der Waals surface area contributed by atoms with Crippen LogP contribution in [0.3, 0.4) is 0 Å². The molecule has 27 heavy (non-hydrogen) atoms. The van der Waals surface area contributed by atoms with Crippen LogP contribution in [0.15, 0.2) is 18.2 Å². The van der Waals surface area contributed by atoms with Crippen LogP contribution < -0.4 is 25.1 Å². The highest BCUT2D eigenvalue weighted by molar-refractivity contribution is 7.14. The summed E-state index contributed by atoms with van der Waals surface area (Å²) in [7, 11) is 4.54. The maximum atomic E-state index is 12.2. The summed E-state index contributed by atoms with van der Waals surface area (Å²) in [5.74, 6) is 0.756. The Balaban J connectivity index is 1.61. The van der Waals surface area contributed by atoms with Crippen molar-refractivity contribution in [2.45, 2.75) is 25.7 Å². The van der Waals surface area contributed by atoms with Gasteiger partial charge in [-0.3, -0.25) is 20.4 Å². The van der Waals surface area contributed by atoms with Gasteiger partial charge in [-0.1, -0.05) is 0 Å². The summed E-state index contributed by atoms with van der Waals surface area (Å²) < 4.78 is 15.8. The van der Waals surface area contributed by atoms with Crippen molar-refractivity contribution in [3.8, 4) is 17.2 Å². The summed E-state index contributed by atoms with van der Waals surface area (Å²) >= 11 is 1.49. The third kappa shape index (κ3) is 4.16. The fraction of sp³-hybridized carbons (Fsp3) is 0.368. The summed E-state index contributed by atoms with van der Waals surface area (Å²) in [6.07, 6.45) is 3.25. The number of methoxy groups -OCH3 is 3. The molecule has 0 fully saturated rings. The molecule has 0 spiro atoms. The number of amides is 2. The molecule has 0 aliphatic heterocycles. The molecule has 0 bridgehead atoms. The molecule has 3 rings (SSSR count). The van der Waals surface area contributed by atoms with Gasteiger partial charge < -0.3 is 14.2 Å². The normalized spacial score (nSPS) is 12.3. The van der Waals surface area contributed by atoms with Crippen molar-refractivity contribution in [2.75, 3.05) is 21.3 Å². The predicted molar refractivity (Wildman–Crippen MR) is 102 cm³/mol. The lowest BCUT2D eigenvalue weighted by atomic mass is 10.1. The Kier molecular flexibility index (Phi) is 5.85. The van der Waals surface area contributed by atoms with Gasteiger partial charge in [0.1, 0.15) is 0 Å². The maximum absolute atomic E-state index is 12.2. The Morgan fingerprint density at radius 3 is 2.30 bits per heavy atom. The van der Waals surface area contributed by atoms with E-state index in [1.165, 1.54) is 43.1 Å². The lowest BCUT2D eigenvalue weighted by Gasteiger charge is -2.14. The molecular weight excluding hydrogens is 368 g/mol. The molecule has 144 valence electrons. The van der Waals surface area contributed by atoms with Crippen molar-refractivity contribution >= 4 is 23.2 Å². The van der Waals surface area contributed by atoms with Gasteiger partial charge in [0.2, 0.25) is 11.7 Å². The number of ether oxygens (including phenoxy) is 3. The molecule has 2 N–H and O–H groups in total. The smallest absolute Gasteiger partial charge is 0.279 e. The van der Waals surface area contributed by atoms with E-state index in [1.807, 2.05) is 6.07 Å². The summed E-state index contributed by atoms with van der Waals surface area (Å²) in [5, 5.41) is 0. The van der Waals surface area contributed by atoms with Crippen LogP contribution in [0.25, 0.3) is 0 Å². The van der Waals surface area contributed by atoms with E-state index in [0.29, 0.717) is 27.7 Å². The number of thiophene rings is 1. The third-order valence-corrected chi connectivity index (χ3v) is 5.61. The first-order chi connectivity index (χ1) is 13.0. The fourth-order valence-electron chi connectivity index (χ4n) is 3.10. The number of carbonyl (C=O) groups is 2. The molecule has 7 nitrogen and oxygen atoms in total. The van der Waals surface area contributed by atoms with Gasteiger partial charge in [0.25, 0.3) is 5.91 Å². The number of benzene rings is 1. The number of aryl methyl sites for hydroxylation is 2. The van der Waals surface area contributed by atoms with E-state index in [9.17, 15) is 9.59 Å². The lowest BCUT2D eigenvalue weighted by Crippen LogP contribution is -2.42. The van der Waals surface area contributed by atoms with Crippen molar-refractivity contribution < 1.29 is 23.8 Å². The fourth-order valence-corrected chi connectivity index (χ4v) is 4.24. The van der Waals surface area contributed by atoms with E-state index in [1.54, 1.807) is 12.1 Å². The summed E-state index contributed by atoms with van der Waals surface area (Å²) in [4.78, 5) is 26.3. The van der Waals surface area contributed by atoms with Gasteiger partial charge in [-0.05, 0) is 48.6 Å². The van der Waals surface area contributed by atoms with Crippen LogP contribution in [-0.2, 0) is 24.1 Å². The summed E-state index contributed by atoms with van der Waals surface area (Å²) in [5.41, 5.74) is 6.84. The number of carbonyl (C=O) groups excluding carboxylic acids is 2. The number of hydrazine groups is 1. The molecule has 1 aromatic heterocycles. The van der Waals surface area contributed by atoms with Crippen molar-refractivity contribution in [3.63, 3.8) is 0 Å². The van der Waals surface area contributed by atoms with E-state index >= 15 is 0 Å². The zero-order chi connectivity index (χ0) is 19.4. The summed E-state index contributed by atoms with van der Waals surface area (Å²) in [6, 6.07) is 5.31. The number of hydrogen-bond donors (Lipinski definition) is 2. The number of fused-ring (bicyclic) bond motifs is 1. The molecule has 0 saturated heterocycles. The van der Waals surface area contributed by atoms with E-state index < -0.39 is 0 Å². The number of nitrogens with one attached hydrogen (secondary N) is 2. The SMILES string of the molecule is COc1cc(CC(=O)NNC(=O)c2cc3c(s2)CCC3)cc(OC)c1OC. The van der Waals surface area contributed by atoms with E-state index in [-0.39, 0.29) is 18.2 Å². The molecule has 0 saturated carbocycles. The highest BCUT2D eigenvalue weighted by Gasteiger charge is 2.19. The van der Waals surface area contributed by atoms with Crippen LogP contribution in [-0.4, -0.2) is 33.1 Å². The molecule has 8 heteroatoms. The molecule has 0 atom stereocenters. The average Bonchev–Trinajstić information content (AvgIpc) is 3.27. The van der Waals surface area contributed by atoms with Gasteiger partial charge >= 0.3 is 0 Å².